The average molecular weight is 229 g/mol. The third-order valence-electron chi connectivity index (χ3n) is 1.45. The van der Waals surface area contributed by atoms with Gasteiger partial charge in [-0.25, -0.2) is 0 Å². The van der Waals surface area contributed by atoms with E-state index in [1.165, 1.54) is 17.1 Å². The zero-order valence-corrected chi connectivity index (χ0v) is 8.24. The van der Waals surface area contributed by atoms with E-state index in [4.69, 9.17) is 0 Å². The van der Waals surface area contributed by atoms with E-state index in [1.54, 1.807) is 0 Å². The molecule has 0 aliphatic carbocycles. The number of rotatable bonds is 0. The number of halogens is 1. The SMILES string of the molecule is Cc1cc(Br)c2snnc2c1. The lowest BCUT2D eigenvalue weighted by Gasteiger charge is -1.93. The molecule has 0 unspecified atom stereocenters. The lowest BCUT2D eigenvalue weighted by atomic mass is 10.2. The smallest absolute Gasteiger partial charge is 0.107 e. The van der Waals surface area contributed by atoms with Crippen molar-refractivity contribution in [3.05, 3.63) is 22.2 Å². The van der Waals surface area contributed by atoms with Crippen molar-refractivity contribution in [1.82, 2.24) is 9.59 Å². The summed E-state index contributed by atoms with van der Waals surface area (Å²) in [6, 6.07) is 4.10. The summed E-state index contributed by atoms with van der Waals surface area (Å²) < 4.78 is 6.07. The number of benzene rings is 1. The summed E-state index contributed by atoms with van der Waals surface area (Å²) in [6.45, 7) is 2.05. The van der Waals surface area contributed by atoms with Crippen LogP contribution >= 0.6 is 27.5 Å². The lowest BCUT2D eigenvalue weighted by molar-refractivity contribution is 1.20. The number of fused-ring (bicyclic) bond motifs is 1. The van der Waals surface area contributed by atoms with Gasteiger partial charge < -0.3 is 0 Å². The fraction of sp³-hybridized carbons (Fsp3) is 0.143. The molecular weight excluding hydrogens is 224 g/mol. The van der Waals surface area contributed by atoms with E-state index in [0.29, 0.717) is 0 Å². The Morgan fingerprint density at radius 3 is 3.09 bits per heavy atom. The monoisotopic (exact) mass is 228 g/mol. The van der Waals surface area contributed by atoms with Crippen molar-refractivity contribution in [2.24, 2.45) is 0 Å². The summed E-state index contributed by atoms with van der Waals surface area (Å²) in [6.07, 6.45) is 0. The molecule has 0 aliphatic rings. The van der Waals surface area contributed by atoms with Crippen LogP contribution in [0.2, 0.25) is 0 Å². The zero-order valence-electron chi connectivity index (χ0n) is 5.84. The highest BCUT2D eigenvalue weighted by molar-refractivity contribution is 9.10. The molecule has 0 bridgehead atoms. The van der Waals surface area contributed by atoms with Gasteiger partial charge in [0.05, 0.1) is 4.70 Å². The van der Waals surface area contributed by atoms with Gasteiger partial charge in [0.1, 0.15) is 5.52 Å². The van der Waals surface area contributed by atoms with E-state index < -0.39 is 0 Å². The largest absolute Gasteiger partial charge is 0.138 e. The molecular formula is C7H5BrN2S. The van der Waals surface area contributed by atoms with Crippen LogP contribution < -0.4 is 0 Å². The quantitative estimate of drug-likeness (QED) is 0.694. The summed E-state index contributed by atoms with van der Waals surface area (Å²) >= 11 is 4.87. The second-order valence-electron chi connectivity index (χ2n) is 2.37. The molecule has 11 heavy (non-hydrogen) atoms. The molecule has 0 saturated carbocycles. The Labute approximate surface area is 76.5 Å². The number of aryl methyl sites for hydroxylation is 1. The molecule has 0 spiro atoms. The molecule has 1 aromatic carbocycles. The minimum atomic E-state index is 0.974. The maximum atomic E-state index is 3.98. The standard InChI is InChI=1S/C7H5BrN2S/c1-4-2-5(8)7-6(3-4)9-10-11-7/h2-3H,1H3. The van der Waals surface area contributed by atoms with Crippen molar-refractivity contribution >= 4 is 37.7 Å². The van der Waals surface area contributed by atoms with Gasteiger partial charge in [0.2, 0.25) is 0 Å². The van der Waals surface area contributed by atoms with E-state index in [-0.39, 0.29) is 0 Å². The first-order chi connectivity index (χ1) is 5.27. The highest BCUT2D eigenvalue weighted by Crippen LogP contribution is 2.26. The van der Waals surface area contributed by atoms with Gasteiger partial charge in [-0.3, -0.25) is 0 Å². The molecule has 2 nitrogen and oxygen atoms in total. The Hall–Kier alpha value is -0.480. The van der Waals surface area contributed by atoms with Gasteiger partial charge >= 0.3 is 0 Å². The summed E-state index contributed by atoms with van der Waals surface area (Å²) in [5.74, 6) is 0. The van der Waals surface area contributed by atoms with Crippen LogP contribution in [0.15, 0.2) is 16.6 Å². The Bertz CT molecular complexity index is 396. The van der Waals surface area contributed by atoms with Crippen molar-refractivity contribution in [3.8, 4) is 0 Å². The molecule has 4 heteroatoms. The second-order valence-corrected chi connectivity index (χ2v) is 3.98. The molecule has 2 aromatic rings. The first-order valence-corrected chi connectivity index (χ1v) is 4.72. The molecule has 0 amide bonds. The van der Waals surface area contributed by atoms with Gasteiger partial charge in [-0.1, -0.05) is 4.49 Å². The van der Waals surface area contributed by atoms with E-state index in [9.17, 15) is 0 Å². The molecule has 0 saturated heterocycles. The van der Waals surface area contributed by atoms with Crippen LogP contribution in [-0.2, 0) is 0 Å². The molecule has 0 fully saturated rings. The Morgan fingerprint density at radius 1 is 1.45 bits per heavy atom. The maximum Gasteiger partial charge on any atom is 0.107 e. The van der Waals surface area contributed by atoms with Gasteiger partial charge in [-0.15, -0.1) is 5.10 Å². The van der Waals surface area contributed by atoms with Crippen LogP contribution in [0.1, 0.15) is 5.56 Å². The van der Waals surface area contributed by atoms with Gasteiger partial charge in [0.15, 0.2) is 0 Å². The Morgan fingerprint density at radius 2 is 2.27 bits per heavy atom. The first kappa shape index (κ1) is 7.18. The summed E-state index contributed by atoms with van der Waals surface area (Å²) in [7, 11) is 0. The molecule has 56 valence electrons. The number of hydrogen-bond acceptors (Lipinski definition) is 3. The summed E-state index contributed by atoms with van der Waals surface area (Å²) in [5.41, 5.74) is 2.18. The maximum absolute atomic E-state index is 3.98. The summed E-state index contributed by atoms with van der Waals surface area (Å²) in [5, 5.41) is 3.98. The van der Waals surface area contributed by atoms with Gasteiger partial charge in [-0.05, 0) is 52.1 Å². The molecule has 0 aliphatic heterocycles. The van der Waals surface area contributed by atoms with E-state index in [2.05, 4.69) is 31.6 Å². The molecule has 1 heterocycles. The zero-order chi connectivity index (χ0) is 7.84. The highest BCUT2D eigenvalue weighted by Gasteiger charge is 2.02. The topological polar surface area (TPSA) is 25.8 Å². The number of nitrogens with zero attached hydrogens (tertiary/aromatic N) is 2. The number of hydrogen-bond donors (Lipinski definition) is 0. The Kier molecular flexibility index (Phi) is 1.65. The fourth-order valence-corrected chi connectivity index (χ4v) is 2.31. The molecule has 0 atom stereocenters. The predicted octanol–water partition coefficient (Wildman–Crippen LogP) is 2.76. The van der Waals surface area contributed by atoms with Crippen molar-refractivity contribution in [1.29, 1.82) is 0 Å². The van der Waals surface area contributed by atoms with E-state index >= 15 is 0 Å². The van der Waals surface area contributed by atoms with Gasteiger partial charge in [0.25, 0.3) is 0 Å². The number of aromatic nitrogens is 2. The van der Waals surface area contributed by atoms with Gasteiger partial charge in [0, 0.05) is 4.47 Å². The Balaban J connectivity index is 2.91. The van der Waals surface area contributed by atoms with Crippen LogP contribution in [0, 0.1) is 6.92 Å². The fourth-order valence-electron chi connectivity index (χ4n) is 0.981. The third-order valence-corrected chi connectivity index (χ3v) is 3.11. The minimum absolute atomic E-state index is 0.974. The lowest BCUT2D eigenvalue weighted by Crippen LogP contribution is -1.74. The predicted molar refractivity (Wildman–Crippen MR) is 49.9 cm³/mol. The molecule has 0 N–H and O–H groups in total. The minimum Gasteiger partial charge on any atom is -0.138 e. The van der Waals surface area contributed by atoms with E-state index in [0.717, 1.165) is 14.7 Å². The van der Waals surface area contributed by atoms with Crippen LogP contribution in [-0.4, -0.2) is 9.59 Å². The molecule has 1 aromatic heterocycles. The second kappa shape index (κ2) is 2.53. The van der Waals surface area contributed by atoms with Crippen molar-refractivity contribution in [3.63, 3.8) is 0 Å². The van der Waals surface area contributed by atoms with Crippen molar-refractivity contribution in [2.45, 2.75) is 6.92 Å². The van der Waals surface area contributed by atoms with Crippen LogP contribution in [0.4, 0.5) is 0 Å². The van der Waals surface area contributed by atoms with Gasteiger partial charge in [-0.2, -0.15) is 0 Å². The normalized spacial score (nSPS) is 10.7. The van der Waals surface area contributed by atoms with E-state index in [1.807, 2.05) is 13.0 Å². The average Bonchev–Trinajstić information content (AvgIpc) is 2.34. The third kappa shape index (κ3) is 1.16. The van der Waals surface area contributed by atoms with Crippen LogP contribution in [0.25, 0.3) is 10.2 Å². The van der Waals surface area contributed by atoms with Crippen LogP contribution in [0.3, 0.4) is 0 Å². The van der Waals surface area contributed by atoms with Crippen LogP contribution in [0.5, 0.6) is 0 Å². The highest BCUT2D eigenvalue weighted by atomic mass is 79.9. The molecule has 0 radical (unpaired) electrons. The van der Waals surface area contributed by atoms with Crippen molar-refractivity contribution in [2.75, 3.05) is 0 Å². The first-order valence-electron chi connectivity index (χ1n) is 3.15. The molecule has 2 rings (SSSR count). The van der Waals surface area contributed by atoms with Crippen molar-refractivity contribution < 1.29 is 0 Å². The summed E-state index contributed by atoms with van der Waals surface area (Å²) in [4.78, 5) is 0.